The molecule has 1 saturated carbocycles. The molecule has 13 heteroatoms. The topological polar surface area (TPSA) is 42.1 Å². The molecular weight excluding hydrogens is 975 g/mol. The molecular formula is C66H133N13. The average Bonchev–Trinajstić information content (AvgIpc) is 4.36. The fraction of sp³-hybridized carbons (Fsp3) is 1.00. The molecule has 79 heavy (non-hydrogen) atoms. The number of hydrogen-bond acceptors (Lipinski definition) is 13. The molecule has 7 spiro atoms. The number of nitrogens with zero attached hydrogens (tertiary/aromatic N) is 13. The van der Waals surface area contributed by atoms with Crippen molar-refractivity contribution in [3.8, 4) is 0 Å². The average molecular weight is 1110 g/mol. The highest BCUT2D eigenvalue weighted by molar-refractivity contribution is 5.04. The van der Waals surface area contributed by atoms with Gasteiger partial charge in [-0.25, -0.2) is 0 Å². The van der Waals surface area contributed by atoms with Gasteiger partial charge in [-0.15, -0.1) is 0 Å². The van der Waals surface area contributed by atoms with Crippen LogP contribution in [-0.2, 0) is 0 Å². The van der Waals surface area contributed by atoms with E-state index >= 15 is 0 Å². The Bertz CT molecular complexity index is 1620. The van der Waals surface area contributed by atoms with Crippen molar-refractivity contribution in [2.75, 3.05) is 262 Å². The zero-order valence-electron chi connectivity index (χ0n) is 55.4. The fourth-order valence-electron chi connectivity index (χ4n) is 18.3. The van der Waals surface area contributed by atoms with Gasteiger partial charge in [0.15, 0.2) is 0 Å². The Hall–Kier alpha value is -0.520. The van der Waals surface area contributed by atoms with Crippen molar-refractivity contribution in [3.05, 3.63) is 0 Å². The predicted molar refractivity (Wildman–Crippen MR) is 339 cm³/mol. The fourth-order valence-corrected chi connectivity index (χ4v) is 18.3. The molecule has 0 aromatic heterocycles. The molecule has 14 fully saturated rings. The lowest BCUT2D eigenvalue weighted by Crippen LogP contribution is -2.70. The maximum atomic E-state index is 2.51. The van der Waals surface area contributed by atoms with Crippen LogP contribution in [0.2, 0.25) is 0 Å². The van der Waals surface area contributed by atoms with Gasteiger partial charge in [-0.1, -0.05) is 33.1 Å². The van der Waals surface area contributed by atoms with Gasteiger partial charge in [0.05, 0.1) is 0 Å². The number of rotatable bonds is 0. The highest BCUT2D eigenvalue weighted by Crippen LogP contribution is 2.45. The Morgan fingerprint density at radius 2 is 0.329 bits per heavy atom. The van der Waals surface area contributed by atoms with Gasteiger partial charge in [-0.3, -0.25) is 0 Å². The quantitative estimate of drug-likeness (QED) is 0.247. The summed E-state index contributed by atoms with van der Waals surface area (Å²) in [6, 6.07) is 0. The van der Waals surface area contributed by atoms with Crippen molar-refractivity contribution in [2.45, 2.75) is 129 Å². The summed E-state index contributed by atoms with van der Waals surface area (Å²) < 4.78 is 0. The molecule has 0 amide bonds. The molecule has 0 unspecified atom stereocenters. The van der Waals surface area contributed by atoms with E-state index < -0.39 is 0 Å². The first-order chi connectivity index (χ1) is 37.5. The van der Waals surface area contributed by atoms with E-state index in [1.165, 1.54) is 286 Å². The van der Waals surface area contributed by atoms with Crippen molar-refractivity contribution in [2.24, 2.45) is 37.9 Å². The van der Waals surface area contributed by atoms with E-state index in [-0.39, 0.29) is 0 Å². The molecule has 13 nitrogen and oxygen atoms in total. The third kappa shape index (κ3) is 19.0. The first-order valence-corrected chi connectivity index (χ1v) is 33.4. The lowest BCUT2D eigenvalue weighted by Gasteiger charge is -2.58. The number of likely N-dealkylation sites (tertiary alicyclic amines) is 13. The highest BCUT2D eigenvalue weighted by Gasteiger charge is 2.49. The minimum Gasteiger partial charge on any atom is -0.306 e. The number of piperidine rings is 4. The smallest absolute Gasteiger partial charge is 0.0211 e. The third-order valence-electron chi connectivity index (χ3n) is 23.1. The summed E-state index contributed by atoms with van der Waals surface area (Å²) >= 11 is 0. The van der Waals surface area contributed by atoms with Crippen molar-refractivity contribution in [1.29, 1.82) is 0 Å². The Kier molecular flexibility index (Phi) is 24.4. The van der Waals surface area contributed by atoms with Crippen LogP contribution in [0.25, 0.3) is 0 Å². The Morgan fingerprint density at radius 3 is 0.595 bits per heavy atom. The van der Waals surface area contributed by atoms with Crippen LogP contribution < -0.4 is 0 Å². The Labute approximate surface area is 490 Å². The first-order valence-electron chi connectivity index (χ1n) is 33.4. The van der Waals surface area contributed by atoms with Gasteiger partial charge < -0.3 is 63.7 Å². The molecule has 0 aromatic carbocycles. The summed E-state index contributed by atoms with van der Waals surface area (Å²) in [5.41, 5.74) is 5.09. The predicted octanol–water partition coefficient (Wildman–Crippen LogP) is 7.16. The van der Waals surface area contributed by atoms with Gasteiger partial charge in [0.1, 0.15) is 0 Å². The molecule has 14 aliphatic rings. The molecule has 13 aliphatic heterocycles. The van der Waals surface area contributed by atoms with E-state index in [0.29, 0.717) is 16.2 Å². The largest absolute Gasteiger partial charge is 0.306 e. The van der Waals surface area contributed by atoms with E-state index in [1.807, 2.05) is 13.8 Å². The second-order valence-electron chi connectivity index (χ2n) is 31.4. The van der Waals surface area contributed by atoms with Crippen LogP contribution in [0.4, 0.5) is 0 Å². The maximum Gasteiger partial charge on any atom is 0.0211 e. The molecule has 1 aliphatic carbocycles. The molecule has 13 saturated heterocycles. The summed E-state index contributed by atoms with van der Waals surface area (Å²) in [7, 11) is 29.0. The van der Waals surface area contributed by atoms with E-state index in [0.717, 1.165) is 21.7 Å². The molecule has 0 aromatic rings. The minimum absolute atomic E-state index is 0.684. The summed E-state index contributed by atoms with van der Waals surface area (Å²) in [4.78, 5) is 31.9. The van der Waals surface area contributed by atoms with Gasteiger partial charge >= 0.3 is 0 Å². The van der Waals surface area contributed by atoms with Crippen molar-refractivity contribution >= 4 is 0 Å². The van der Waals surface area contributed by atoms with Crippen LogP contribution in [0.3, 0.4) is 0 Å². The van der Waals surface area contributed by atoms with Gasteiger partial charge in [-0.2, -0.15) is 0 Å². The van der Waals surface area contributed by atoms with E-state index in [1.54, 1.807) is 0 Å². The normalized spacial score (nSPS) is 31.3. The minimum atomic E-state index is 0.684. The summed E-state index contributed by atoms with van der Waals surface area (Å²) in [5.74, 6) is 0. The summed E-state index contributed by atoms with van der Waals surface area (Å²) in [6.07, 6.45) is 26.2. The molecule has 0 N–H and O–H groups in total. The van der Waals surface area contributed by atoms with Gasteiger partial charge in [0.2, 0.25) is 0 Å². The van der Waals surface area contributed by atoms with Gasteiger partial charge in [0.25, 0.3) is 0 Å². The van der Waals surface area contributed by atoms with Crippen LogP contribution in [-0.4, -0.2) is 325 Å². The second kappa shape index (κ2) is 29.2. The zero-order valence-corrected chi connectivity index (χ0v) is 55.4. The lowest BCUT2D eigenvalue weighted by molar-refractivity contribution is -0.0926. The number of hydrogen-bond donors (Lipinski definition) is 0. The molecule has 13 heterocycles. The molecule has 0 radical (unpaired) electrons. The van der Waals surface area contributed by atoms with Crippen LogP contribution in [0, 0.1) is 37.9 Å². The zero-order chi connectivity index (χ0) is 57.1. The molecule has 14 rings (SSSR count). The maximum absolute atomic E-state index is 2.51. The van der Waals surface area contributed by atoms with Gasteiger partial charge in [-0.05, 0) is 300 Å². The van der Waals surface area contributed by atoms with Crippen molar-refractivity contribution in [1.82, 2.24) is 63.7 Å². The van der Waals surface area contributed by atoms with Crippen LogP contribution >= 0.6 is 0 Å². The van der Waals surface area contributed by atoms with E-state index in [9.17, 15) is 0 Å². The highest BCUT2D eigenvalue weighted by atomic mass is 15.3. The van der Waals surface area contributed by atoms with Crippen LogP contribution in [0.1, 0.15) is 129 Å². The molecule has 0 atom stereocenters. The van der Waals surface area contributed by atoms with Crippen molar-refractivity contribution in [3.63, 3.8) is 0 Å². The van der Waals surface area contributed by atoms with Gasteiger partial charge in [0, 0.05) is 95.9 Å². The molecule has 0 bridgehead atoms. The SMILES string of the molecule is CC.CN1CC2(C1)CN(C)C2.CN1CCC2(C1)CN(C)C2.CN1CCC2(CC1)CCN(C)C2.CN1CCC2(CC1)CCN(C)CC2.CN1CCC2(CC1)CN(C)C2.CN1CCC2(CCCCC2)C1.CN1CCC2(CCN(C)C2)C1. The van der Waals surface area contributed by atoms with Crippen molar-refractivity contribution < 1.29 is 0 Å². The van der Waals surface area contributed by atoms with E-state index in [2.05, 4.69) is 155 Å². The summed E-state index contributed by atoms with van der Waals surface area (Å²) in [5, 5.41) is 0. The monoisotopic (exact) mass is 1110 g/mol. The van der Waals surface area contributed by atoms with Crippen LogP contribution in [0.5, 0.6) is 0 Å². The Morgan fingerprint density at radius 1 is 0.152 bits per heavy atom. The van der Waals surface area contributed by atoms with E-state index in [4.69, 9.17) is 0 Å². The second-order valence-corrected chi connectivity index (χ2v) is 31.4. The first kappa shape index (κ1) is 66.0. The Balaban J connectivity index is 0.000000133. The lowest BCUT2D eigenvalue weighted by atomic mass is 9.71. The molecule has 462 valence electrons. The summed E-state index contributed by atoms with van der Waals surface area (Å²) in [6.45, 7) is 38.6. The standard InChI is InChI=1S/C11H22N2.C10H20N2.C10H19N.2C9H18N2.C8H16N2.C7H14N2.C2H6/c1-12-7-3-11(4-8-12)5-9-13(2)10-6-11;1-11-6-3-10(4-7-11)5-8-12(2)9-10;1-11-8-7-10(9-11)5-3-2-4-6-10;1-10-5-3-9(7-10)4-6-11(2)8-9;1-10-5-3-9(4-6-10)7-11(2)8-9;1-9-4-3-8(5-9)6-10(2)7-8;1-8-3-7(4-8)5-9(2)6-7;1-2/h3-10H2,1-2H3;3-9H2,1-2H3;2-9H2,1H3;2*3-8H2,1-2H3;3-7H2,1-2H3;3-6H2,1-2H3;1-2H3. The van der Waals surface area contributed by atoms with Crippen LogP contribution in [0.15, 0.2) is 0 Å². The third-order valence-corrected chi connectivity index (χ3v) is 23.1.